The van der Waals surface area contributed by atoms with Crippen LogP contribution < -0.4 is 15.0 Å². The van der Waals surface area contributed by atoms with E-state index in [4.69, 9.17) is 14.2 Å². The van der Waals surface area contributed by atoms with Gasteiger partial charge in [0.15, 0.2) is 0 Å². The second-order valence-electron chi connectivity index (χ2n) is 7.75. The fourth-order valence-electron chi connectivity index (χ4n) is 3.35. The molecule has 0 amide bonds. The van der Waals surface area contributed by atoms with Gasteiger partial charge >= 0.3 is 6.18 Å². The summed E-state index contributed by atoms with van der Waals surface area (Å²) in [4.78, 5) is 15.3. The summed E-state index contributed by atoms with van der Waals surface area (Å²) in [5, 5.41) is 0. The van der Waals surface area contributed by atoms with Crippen molar-refractivity contribution in [1.82, 2.24) is 4.98 Å². The van der Waals surface area contributed by atoms with Gasteiger partial charge in [0.05, 0.1) is 26.4 Å². The molecule has 0 unspecified atom stereocenters. The molecule has 2 aromatic rings. The van der Waals surface area contributed by atoms with Crippen molar-refractivity contribution in [2.45, 2.75) is 51.5 Å². The molecule has 1 aromatic carbocycles. The Morgan fingerprint density at radius 1 is 1.09 bits per heavy atom. The van der Waals surface area contributed by atoms with Crippen molar-refractivity contribution in [3.63, 3.8) is 0 Å². The minimum Gasteiger partial charge on any atom is -0.497 e. The van der Waals surface area contributed by atoms with E-state index in [0.29, 0.717) is 34.7 Å². The zero-order valence-corrected chi connectivity index (χ0v) is 18.5. The van der Waals surface area contributed by atoms with Gasteiger partial charge in [-0.1, -0.05) is 18.8 Å². The number of methoxy groups -OCH3 is 2. The Balaban J connectivity index is 2.13. The van der Waals surface area contributed by atoms with Crippen LogP contribution in [-0.4, -0.2) is 25.4 Å². The molecule has 8 heteroatoms. The van der Waals surface area contributed by atoms with Crippen LogP contribution in [-0.2, 0) is 23.4 Å². The fourth-order valence-corrected chi connectivity index (χ4v) is 3.35. The van der Waals surface area contributed by atoms with E-state index in [1.165, 1.54) is 20.3 Å². The molecule has 172 valence electrons. The first-order valence-electron chi connectivity index (χ1n) is 10.3. The van der Waals surface area contributed by atoms with E-state index >= 15 is 0 Å². The highest BCUT2D eigenvalue weighted by molar-refractivity contribution is 5.40. The van der Waals surface area contributed by atoms with Crippen molar-refractivity contribution in [2.75, 3.05) is 14.2 Å². The molecule has 0 saturated heterocycles. The monoisotopic (exact) mass is 449 g/mol. The molecule has 1 aromatic heterocycles. The van der Waals surface area contributed by atoms with Gasteiger partial charge in [0.1, 0.15) is 11.5 Å². The molecule has 1 heterocycles. The summed E-state index contributed by atoms with van der Waals surface area (Å²) >= 11 is 0. The first-order chi connectivity index (χ1) is 15.1. The quantitative estimate of drug-likeness (QED) is 0.625. The molecule has 1 aliphatic carbocycles. The topological polar surface area (TPSA) is 60.6 Å². The molecule has 1 fully saturated rings. The summed E-state index contributed by atoms with van der Waals surface area (Å²) < 4.78 is 59.8. The highest BCUT2D eigenvalue weighted by Crippen LogP contribution is 2.43. The number of hydrogen-bond donors (Lipinski definition) is 1. The van der Waals surface area contributed by atoms with Gasteiger partial charge in [-0.3, -0.25) is 4.79 Å². The molecule has 0 radical (unpaired) electrons. The summed E-state index contributed by atoms with van der Waals surface area (Å²) in [6.45, 7) is 3.00. The lowest BCUT2D eigenvalue weighted by Gasteiger charge is -2.31. The number of benzene rings is 1. The van der Waals surface area contributed by atoms with Crippen molar-refractivity contribution in [3.8, 4) is 23.3 Å². The van der Waals surface area contributed by atoms with Gasteiger partial charge in [0, 0.05) is 17.7 Å². The summed E-state index contributed by atoms with van der Waals surface area (Å²) in [5.74, 6) is 5.68. The van der Waals surface area contributed by atoms with E-state index in [1.807, 2.05) is 0 Å². The highest BCUT2D eigenvalue weighted by Gasteiger charge is 2.58. The lowest BCUT2D eigenvalue weighted by atomic mass is 9.91. The third-order valence-electron chi connectivity index (χ3n) is 5.40. The highest BCUT2D eigenvalue weighted by atomic mass is 19.4. The van der Waals surface area contributed by atoms with Crippen LogP contribution in [0.15, 0.2) is 29.1 Å². The average Bonchev–Trinajstić information content (AvgIpc) is 3.58. The lowest BCUT2D eigenvalue weighted by Crippen LogP contribution is -2.47. The summed E-state index contributed by atoms with van der Waals surface area (Å²) in [5.41, 5.74) is -3.00. The number of H-pyrrole nitrogens is 1. The number of ether oxygens (including phenoxy) is 3. The third kappa shape index (κ3) is 4.94. The molecule has 1 N–H and O–H groups in total. The number of alkyl halides is 3. The minimum absolute atomic E-state index is 0.118. The Hall–Kier alpha value is -2.92. The van der Waals surface area contributed by atoms with Crippen LogP contribution in [0.1, 0.15) is 42.1 Å². The maximum absolute atomic E-state index is 14.6. The molecule has 0 bridgehead atoms. The molecule has 5 nitrogen and oxygen atoms in total. The summed E-state index contributed by atoms with van der Waals surface area (Å²) in [6.07, 6.45) is -3.03. The number of rotatable bonds is 7. The van der Waals surface area contributed by atoms with Crippen LogP contribution in [0.3, 0.4) is 0 Å². The molecule has 0 aliphatic heterocycles. The second kappa shape index (κ2) is 9.29. The van der Waals surface area contributed by atoms with Crippen molar-refractivity contribution in [3.05, 3.63) is 57.0 Å². The van der Waals surface area contributed by atoms with Crippen LogP contribution in [0, 0.1) is 24.7 Å². The molecular formula is C24H26F3NO4. The molecule has 32 heavy (non-hydrogen) atoms. The largest absolute Gasteiger partial charge is 0.497 e. The first kappa shape index (κ1) is 23.7. The van der Waals surface area contributed by atoms with Gasteiger partial charge < -0.3 is 19.2 Å². The van der Waals surface area contributed by atoms with E-state index in [0.717, 1.165) is 12.8 Å². The standard InChI is InChI=1S/C24H26F3NO4/c1-5-18-12-21(22(29)28-15(18)2)23(24(25,26)27,9-8-16-6-7-16)32-14-17-10-19(30-3)13-20(11-17)31-4/h10-13,16H,5-7,14H2,1-4H3,(H,28,29)/t23-/m0/s1. The molecular weight excluding hydrogens is 423 g/mol. The van der Waals surface area contributed by atoms with Crippen molar-refractivity contribution >= 4 is 0 Å². The number of nitrogens with one attached hydrogen (secondary N) is 1. The van der Waals surface area contributed by atoms with Crippen LogP contribution in [0.5, 0.6) is 11.5 Å². The van der Waals surface area contributed by atoms with Crippen LogP contribution in [0.4, 0.5) is 13.2 Å². The van der Waals surface area contributed by atoms with Gasteiger partial charge in [0.2, 0.25) is 0 Å². The van der Waals surface area contributed by atoms with Gasteiger partial charge in [-0.15, -0.1) is 0 Å². The normalized spacial score (nSPS) is 15.5. The smallest absolute Gasteiger partial charge is 0.433 e. The first-order valence-corrected chi connectivity index (χ1v) is 10.3. The SMILES string of the molecule is CCc1cc([C@](C#CC2CC2)(OCc2cc(OC)cc(OC)c2)C(F)(F)F)c(=O)[nH]c1C. The predicted molar refractivity (Wildman–Crippen MR) is 114 cm³/mol. The molecule has 1 saturated carbocycles. The van der Waals surface area contributed by atoms with E-state index in [1.54, 1.807) is 32.0 Å². The van der Waals surface area contributed by atoms with E-state index in [-0.39, 0.29) is 5.92 Å². The Labute approximate surface area is 184 Å². The molecule has 0 spiro atoms. The van der Waals surface area contributed by atoms with Gasteiger partial charge in [-0.25, -0.2) is 0 Å². The third-order valence-corrected chi connectivity index (χ3v) is 5.40. The Bertz CT molecular complexity index is 1070. The molecule has 1 aliphatic rings. The Morgan fingerprint density at radius 2 is 1.72 bits per heavy atom. The average molecular weight is 449 g/mol. The number of halogens is 3. The number of aromatic amines is 1. The van der Waals surface area contributed by atoms with E-state index in [9.17, 15) is 18.0 Å². The van der Waals surface area contributed by atoms with Crippen LogP contribution in [0.25, 0.3) is 0 Å². The van der Waals surface area contributed by atoms with Crippen molar-refractivity contribution in [1.29, 1.82) is 0 Å². The Kier molecular flexibility index (Phi) is 6.89. The predicted octanol–water partition coefficient (Wildman–Crippen LogP) is 4.65. The molecule has 1 atom stereocenters. The van der Waals surface area contributed by atoms with Gasteiger partial charge in [-0.2, -0.15) is 13.2 Å². The Morgan fingerprint density at radius 3 is 2.22 bits per heavy atom. The maximum Gasteiger partial charge on any atom is 0.433 e. The van der Waals surface area contributed by atoms with Gasteiger partial charge in [0.25, 0.3) is 11.2 Å². The number of aryl methyl sites for hydroxylation is 2. The lowest BCUT2D eigenvalue weighted by molar-refractivity contribution is -0.263. The van der Waals surface area contributed by atoms with Crippen LogP contribution in [0.2, 0.25) is 0 Å². The maximum atomic E-state index is 14.6. The second-order valence-corrected chi connectivity index (χ2v) is 7.75. The minimum atomic E-state index is -4.95. The zero-order valence-electron chi connectivity index (χ0n) is 18.5. The summed E-state index contributed by atoms with van der Waals surface area (Å²) in [7, 11) is 2.89. The molecule has 3 rings (SSSR count). The van der Waals surface area contributed by atoms with Crippen molar-refractivity contribution < 1.29 is 27.4 Å². The van der Waals surface area contributed by atoms with Crippen LogP contribution >= 0.6 is 0 Å². The number of pyridine rings is 1. The van der Waals surface area contributed by atoms with E-state index in [2.05, 4.69) is 16.8 Å². The number of hydrogen-bond acceptors (Lipinski definition) is 4. The van der Waals surface area contributed by atoms with Crippen molar-refractivity contribution in [2.24, 2.45) is 5.92 Å². The number of aromatic nitrogens is 1. The van der Waals surface area contributed by atoms with E-state index < -0.39 is 29.5 Å². The fraction of sp³-hybridized carbons (Fsp3) is 0.458. The summed E-state index contributed by atoms with van der Waals surface area (Å²) in [6, 6.07) is 5.96. The zero-order chi connectivity index (χ0) is 23.5. The van der Waals surface area contributed by atoms with Gasteiger partial charge in [-0.05, 0) is 55.5 Å².